The van der Waals surface area contributed by atoms with Gasteiger partial charge in [-0.25, -0.2) is 0 Å². The molecule has 0 aliphatic heterocycles. The first-order valence-corrected chi connectivity index (χ1v) is 10.6. The minimum atomic E-state index is -0.262. The van der Waals surface area contributed by atoms with Crippen LogP contribution < -0.4 is 0 Å². The quantitative estimate of drug-likeness (QED) is 0.679. The summed E-state index contributed by atoms with van der Waals surface area (Å²) in [4.78, 5) is 37.0. The molecule has 1 unspecified atom stereocenters. The topological polar surface area (TPSA) is 60.4 Å². The van der Waals surface area contributed by atoms with Crippen LogP contribution in [-0.2, 0) is 19.1 Å². The number of rotatable bonds is 2. The number of carbonyl (C=O) groups excluding carboxylic acids is 3. The highest BCUT2D eigenvalue weighted by atomic mass is 16.5. The average molecular weight is 373 g/mol. The van der Waals surface area contributed by atoms with Crippen LogP contribution in [0.4, 0.5) is 0 Å². The lowest BCUT2D eigenvalue weighted by Gasteiger charge is -2.59. The lowest BCUT2D eigenvalue weighted by Crippen LogP contribution is -2.57. The Kier molecular flexibility index (Phi) is 4.40. The van der Waals surface area contributed by atoms with Crippen molar-refractivity contribution in [3.63, 3.8) is 0 Å². The van der Waals surface area contributed by atoms with Crippen LogP contribution in [0.2, 0.25) is 0 Å². The predicted molar refractivity (Wildman–Crippen MR) is 102 cm³/mol. The molecular weight excluding hydrogens is 340 g/mol. The Bertz CT molecular complexity index is 722. The fourth-order valence-electron chi connectivity index (χ4n) is 7.50. The van der Waals surface area contributed by atoms with Crippen molar-refractivity contribution >= 4 is 17.5 Å². The molecule has 4 rings (SSSR count). The van der Waals surface area contributed by atoms with Crippen LogP contribution in [-0.4, -0.2) is 23.6 Å². The summed E-state index contributed by atoms with van der Waals surface area (Å²) in [5.41, 5.74) is 0.643. The third-order valence-corrected chi connectivity index (χ3v) is 8.60. The summed E-state index contributed by atoms with van der Waals surface area (Å²) in [5, 5.41) is 0. The maximum Gasteiger partial charge on any atom is 0.302 e. The number of carbonyl (C=O) groups is 3. The summed E-state index contributed by atoms with van der Waals surface area (Å²) in [6, 6.07) is 0. The third-order valence-electron chi connectivity index (χ3n) is 8.60. The van der Waals surface area contributed by atoms with E-state index in [4.69, 9.17) is 4.74 Å². The summed E-state index contributed by atoms with van der Waals surface area (Å²) in [6.45, 7) is 7.59. The fraction of sp³-hybridized carbons (Fsp3) is 0.783. The van der Waals surface area contributed by atoms with Crippen LogP contribution in [0, 0.1) is 34.5 Å². The molecule has 0 aromatic rings. The first-order valence-electron chi connectivity index (χ1n) is 10.6. The number of hydrogen-bond donors (Lipinski definition) is 0. The highest BCUT2D eigenvalue weighted by Crippen LogP contribution is 2.65. The van der Waals surface area contributed by atoms with Gasteiger partial charge in [0.15, 0.2) is 5.78 Å². The molecule has 0 aromatic heterocycles. The second-order valence-electron chi connectivity index (χ2n) is 10.0. The summed E-state index contributed by atoms with van der Waals surface area (Å²) in [7, 11) is 0. The van der Waals surface area contributed by atoms with Gasteiger partial charge in [0.25, 0.3) is 0 Å². The van der Waals surface area contributed by atoms with Gasteiger partial charge in [0, 0.05) is 24.7 Å². The zero-order chi connectivity index (χ0) is 19.6. The molecule has 3 fully saturated rings. The maximum absolute atomic E-state index is 13.4. The number of esters is 1. The lowest BCUT2D eigenvalue weighted by atomic mass is 9.44. The van der Waals surface area contributed by atoms with Gasteiger partial charge in [-0.15, -0.1) is 0 Å². The third kappa shape index (κ3) is 2.74. The van der Waals surface area contributed by atoms with E-state index in [-0.39, 0.29) is 34.6 Å². The van der Waals surface area contributed by atoms with Crippen molar-refractivity contribution in [2.45, 2.75) is 78.7 Å². The molecule has 0 radical (unpaired) electrons. The molecule has 0 aromatic carbocycles. The van der Waals surface area contributed by atoms with Crippen molar-refractivity contribution in [1.29, 1.82) is 0 Å². The second-order valence-corrected chi connectivity index (χ2v) is 10.0. The van der Waals surface area contributed by atoms with E-state index in [1.807, 2.05) is 0 Å². The van der Waals surface area contributed by atoms with E-state index in [2.05, 4.69) is 19.9 Å². The Morgan fingerprint density at radius 1 is 1.15 bits per heavy atom. The molecule has 0 spiro atoms. The predicted octanol–water partition coefficient (Wildman–Crippen LogP) is 4.27. The fourth-order valence-corrected chi connectivity index (χ4v) is 7.50. The summed E-state index contributed by atoms with van der Waals surface area (Å²) < 4.78 is 5.50. The second kappa shape index (κ2) is 6.28. The standard InChI is InChI=1S/C23H32O4/c1-13(24)18-7-8-19-17-6-5-15-11-16(27-14(2)25)9-10-22(15,3)21(17)20(26)12-23(18,19)4/h7,15-17,19,21H,5-6,8-12H2,1-4H3/t15?,16-,17-,19-,21+,22-,23+/m0/s1. The zero-order valence-electron chi connectivity index (χ0n) is 17.0. The molecule has 3 saturated carbocycles. The van der Waals surface area contributed by atoms with E-state index >= 15 is 0 Å². The number of allylic oxidation sites excluding steroid dienone is 2. The van der Waals surface area contributed by atoms with Crippen molar-refractivity contribution < 1.29 is 19.1 Å². The van der Waals surface area contributed by atoms with Crippen molar-refractivity contribution in [3.8, 4) is 0 Å². The molecule has 27 heavy (non-hydrogen) atoms. The lowest BCUT2D eigenvalue weighted by molar-refractivity contribution is -0.166. The normalized spacial score (nSPS) is 46.0. The Morgan fingerprint density at radius 3 is 2.56 bits per heavy atom. The highest BCUT2D eigenvalue weighted by molar-refractivity contribution is 5.97. The molecular formula is C23H32O4. The number of fused-ring (bicyclic) bond motifs is 5. The number of ether oxygens (including phenoxy) is 1. The SMILES string of the molecule is CC(=O)O[C@H]1CC[C@@]2(C)C(CC[C@@H]3[C@@H]2C(=O)C[C@]2(C)C(C(C)=O)=CC[C@@H]32)C1. The molecule has 0 heterocycles. The van der Waals surface area contributed by atoms with E-state index in [0.29, 0.717) is 30.0 Å². The van der Waals surface area contributed by atoms with Crippen LogP contribution in [0.25, 0.3) is 0 Å². The maximum atomic E-state index is 13.4. The molecule has 0 amide bonds. The van der Waals surface area contributed by atoms with E-state index in [1.165, 1.54) is 6.92 Å². The zero-order valence-corrected chi connectivity index (χ0v) is 17.0. The van der Waals surface area contributed by atoms with Gasteiger partial charge in [-0.1, -0.05) is 19.9 Å². The van der Waals surface area contributed by atoms with Crippen LogP contribution in [0.15, 0.2) is 11.6 Å². The van der Waals surface area contributed by atoms with Gasteiger partial charge >= 0.3 is 5.97 Å². The van der Waals surface area contributed by atoms with E-state index < -0.39 is 0 Å². The summed E-state index contributed by atoms with van der Waals surface area (Å²) >= 11 is 0. The molecule has 4 aliphatic rings. The van der Waals surface area contributed by atoms with Gasteiger partial charge < -0.3 is 4.74 Å². The van der Waals surface area contributed by atoms with E-state index in [0.717, 1.165) is 44.1 Å². The molecule has 0 bridgehead atoms. The minimum absolute atomic E-state index is 0.0109. The molecule has 0 N–H and O–H groups in total. The molecule has 4 aliphatic carbocycles. The Labute approximate surface area is 162 Å². The molecule has 4 heteroatoms. The van der Waals surface area contributed by atoms with Crippen LogP contribution in [0.3, 0.4) is 0 Å². The van der Waals surface area contributed by atoms with E-state index in [9.17, 15) is 14.4 Å². The van der Waals surface area contributed by atoms with Crippen molar-refractivity contribution in [1.82, 2.24) is 0 Å². The highest BCUT2D eigenvalue weighted by Gasteiger charge is 2.62. The van der Waals surface area contributed by atoms with Crippen molar-refractivity contribution in [3.05, 3.63) is 11.6 Å². The van der Waals surface area contributed by atoms with Crippen LogP contribution >= 0.6 is 0 Å². The van der Waals surface area contributed by atoms with Crippen molar-refractivity contribution in [2.24, 2.45) is 34.5 Å². The largest absolute Gasteiger partial charge is 0.463 e. The van der Waals surface area contributed by atoms with Gasteiger partial charge in [-0.2, -0.15) is 0 Å². The number of Topliss-reactive ketones (excluding diaryl/α,β-unsaturated/α-hetero) is 2. The van der Waals surface area contributed by atoms with Crippen LogP contribution in [0.5, 0.6) is 0 Å². The Balaban J connectivity index is 1.60. The smallest absolute Gasteiger partial charge is 0.302 e. The Hall–Kier alpha value is -1.45. The van der Waals surface area contributed by atoms with Gasteiger partial charge in [0.05, 0.1) is 0 Å². The molecule has 148 valence electrons. The molecule has 4 nitrogen and oxygen atoms in total. The van der Waals surface area contributed by atoms with Gasteiger partial charge in [0.1, 0.15) is 11.9 Å². The number of ketones is 2. The van der Waals surface area contributed by atoms with Gasteiger partial charge in [0.2, 0.25) is 0 Å². The average Bonchev–Trinajstić information content (AvgIpc) is 2.91. The summed E-state index contributed by atoms with van der Waals surface area (Å²) in [5.74, 6) is 1.66. The van der Waals surface area contributed by atoms with Crippen LogP contribution in [0.1, 0.15) is 72.6 Å². The first kappa shape index (κ1) is 18.9. The molecule has 7 atom stereocenters. The number of hydrogen-bond acceptors (Lipinski definition) is 4. The molecule has 0 saturated heterocycles. The van der Waals surface area contributed by atoms with Crippen molar-refractivity contribution in [2.75, 3.05) is 0 Å². The van der Waals surface area contributed by atoms with E-state index in [1.54, 1.807) is 6.92 Å². The first-order chi connectivity index (χ1) is 12.7. The van der Waals surface area contributed by atoms with Gasteiger partial charge in [-0.05, 0) is 74.2 Å². The Morgan fingerprint density at radius 2 is 1.89 bits per heavy atom. The summed E-state index contributed by atoms with van der Waals surface area (Å²) in [6.07, 6.45) is 8.46. The van der Waals surface area contributed by atoms with Gasteiger partial charge in [-0.3, -0.25) is 14.4 Å². The minimum Gasteiger partial charge on any atom is -0.463 e. The monoisotopic (exact) mass is 372 g/mol.